The van der Waals surface area contributed by atoms with Crippen molar-refractivity contribution in [1.82, 2.24) is 4.98 Å². The molecule has 7 nitrogen and oxygen atoms in total. The molecule has 176 valence electrons. The van der Waals surface area contributed by atoms with Gasteiger partial charge in [-0.2, -0.15) is 0 Å². The number of carbonyl (C=O) groups is 1. The number of nitrogens with two attached hydrogens (primary N) is 1. The van der Waals surface area contributed by atoms with Gasteiger partial charge >= 0.3 is 5.97 Å². The average Bonchev–Trinajstić information content (AvgIpc) is 3.34. The smallest absolute Gasteiger partial charge is 0.360 e. The maximum absolute atomic E-state index is 11.8. The maximum atomic E-state index is 11.8. The zero-order valence-electron chi connectivity index (χ0n) is 18.5. The average molecular weight is 503 g/mol. The summed E-state index contributed by atoms with van der Waals surface area (Å²) in [5.74, 6) is -1.27. The fraction of sp³-hybridized carbons (Fsp3) is 0.0769. The van der Waals surface area contributed by atoms with Gasteiger partial charge in [0.1, 0.15) is 16.2 Å². The van der Waals surface area contributed by atoms with Gasteiger partial charge in [-0.05, 0) is 16.7 Å². The quantitative estimate of drug-likeness (QED) is 0.125. The predicted octanol–water partition coefficient (Wildman–Crippen LogP) is 4.64. The Hall–Kier alpha value is -4.08. The van der Waals surface area contributed by atoms with Crippen molar-refractivity contribution in [3.8, 4) is 0 Å². The molecule has 4 aromatic rings. The first-order chi connectivity index (χ1) is 17.0. The Morgan fingerprint density at radius 2 is 1.46 bits per heavy atom. The van der Waals surface area contributed by atoms with Gasteiger partial charge in [0.15, 0.2) is 11.7 Å². The summed E-state index contributed by atoms with van der Waals surface area (Å²) in [5, 5.41) is 19.1. The summed E-state index contributed by atoms with van der Waals surface area (Å²) < 4.78 is 0. The summed E-state index contributed by atoms with van der Waals surface area (Å²) in [5.41, 5.74) is 7.44. The van der Waals surface area contributed by atoms with E-state index in [0.717, 1.165) is 16.7 Å². The Morgan fingerprint density at radius 3 is 1.89 bits per heavy atom. The number of anilines is 1. The van der Waals surface area contributed by atoms with Gasteiger partial charge in [0, 0.05) is 5.38 Å². The van der Waals surface area contributed by atoms with Crippen LogP contribution >= 0.6 is 23.6 Å². The highest BCUT2D eigenvalue weighted by atomic mass is 32.1. The van der Waals surface area contributed by atoms with Crippen LogP contribution < -0.4 is 11.1 Å². The van der Waals surface area contributed by atoms with E-state index in [1.807, 2.05) is 54.6 Å². The molecule has 0 aliphatic rings. The van der Waals surface area contributed by atoms with Gasteiger partial charge in [-0.3, -0.25) is 0 Å². The molecule has 0 bridgehead atoms. The van der Waals surface area contributed by atoms with Crippen molar-refractivity contribution in [2.45, 2.75) is 5.54 Å². The molecule has 0 atom stereocenters. The molecule has 4 rings (SSSR count). The highest BCUT2D eigenvalue weighted by molar-refractivity contribution is 7.80. The van der Waals surface area contributed by atoms with Crippen LogP contribution in [0.3, 0.4) is 0 Å². The minimum absolute atomic E-state index is 0.0671. The topological polar surface area (TPSA) is 110 Å². The lowest BCUT2D eigenvalue weighted by molar-refractivity contribution is -0.129. The van der Waals surface area contributed by atoms with Gasteiger partial charge in [0.25, 0.3) is 0 Å². The van der Waals surface area contributed by atoms with Crippen molar-refractivity contribution in [3.63, 3.8) is 0 Å². The van der Waals surface area contributed by atoms with E-state index < -0.39 is 11.5 Å². The monoisotopic (exact) mass is 502 g/mol. The minimum atomic E-state index is -1.27. The van der Waals surface area contributed by atoms with Gasteiger partial charge in [-0.1, -0.05) is 108 Å². The van der Waals surface area contributed by atoms with Gasteiger partial charge in [0.05, 0.1) is 0 Å². The summed E-state index contributed by atoms with van der Waals surface area (Å²) in [6.45, 7) is -0.166. The number of thiazole rings is 1. The number of rotatable bonds is 10. The fourth-order valence-corrected chi connectivity index (χ4v) is 4.54. The Bertz CT molecular complexity index is 1230. The second-order valence-electron chi connectivity index (χ2n) is 7.50. The summed E-state index contributed by atoms with van der Waals surface area (Å²) in [6, 6.07) is 30.1. The van der Waals surface area contributed by atoms with Crippen LogP contribution in [0.15, 0.2) is 102 Å². The number of hydrogen-bond acceptors (Lipinski definition) is 7. The van der Waals surface area contributed by atoms with Crippen molar-refractivity contribution in [3.05, 3.63) is 119 Å². The zero-order valence-corrected chi connectivity index (χ0v) is 20.1. The first-order valence-corrected chi connectivity index (χ1v) is 11.9. The minimum Gasteiger partial charge on any atom is -0.476 e. The summed E-state index contributed by atoms with van der Waals surface area (Å²) in [7, 11) is 0. The molecule has 0 fully saturated rings. The lowest BCUT2D eigenvalue weighted by Crippen LogP contribution is -2.38. The molecule has 1 aromatic heterocycles. The Kier molecular flexibility index (Phi) is 7.49. The number of aliphatic carboxylic acids is 1. The number of nitrogens with one attached hydrogen (secondary N) is 1. The highest BCUT2D eigenvalue weighted by Gasteiger charge is 2.37. The van der Waals surface area contributed by atoms with Crippen LogP contribution in [-0.4, -0.2) is 33.4 Å². The number of carboxylic acid groups (broad SMARTS) is 1. The molecule has 0 amide bonds. The normalized spacial score (nSPS) is 11.6. The van der Waals surface area contributed by atoms with Crippen LogP contribution in [0.5, 0.6) is 0 Å². The highest BCUT2D eigenvalue weighted by Crippen LogP contribution is 2.40. The van der Waals surface area contributed by atoms with Gasteiger partial charge in [-0.15, -0.1) is 11.3 Å². The number of aromatic nitrogens is 1. The molecule has 9 heteroatoms. The molecule has 0 aliphatic carbocycles. The van der Waals surface area contributed by atoms with Gasteiger partial charge < -0.3 is 21.0 Å². The molecule has 0 saturated carbocycles. The zero-order chi connectivity index (χ0) is 24.7. The van der Waals surface area contributed by atoms with Crippen LogP contribution in [0.4, 0.5) is 5.13 Å². The van der Waals surface area contributed by atoms with Crippen LogP contribution in [0.2, 0.25) is 0 Å². The molecule has 1 heterocycles. The Balaban J connectivity index is 1.82. The summed E-state index contributed by atoms with van der Waals surface area (Å²) in [4.78, 5) is 21.4. The van der Waals surface area contributed by atoms with E-state index in [-0.39, 0.29) is 23.0 Å². The Morgan fingerprint density at radius 1 is 0.971 bits per heavy atom. The summed E-state index contributed by atoms with van der Waals surface area (Å²) >= 11 is 6.02. The molecule has 0 radical (unpaired) electrons. The maximum Gasteiger partial charge on any atom is 0.360 e. The third kappa shape index (κ3) is 5.37. The largest absolute Gasteiger partial charge is 0.476 e. The van der Waals surface area contributed by atoms with E-state index >= 15 is 0 Å². The van der Waals surface area contributed by atoms with Crippen LogP contribution in [0, 0.1) is 0 Å². The van der Waals surface area contributed by atoms with Crippen molar-refractivity contribution < 1.29 is 14.7 Å². The second-order valence-corrected chi connectivity index (χ2v) is 8.88. The molecular weight excluding hydrogens is 480 g/mol. The molecular formula is C26H22N4O3S2. The van der Waals surface area contributed by atoms with E-state index in [2.05, 4.69) is 51.9 Å². The molecule has 3 aromatic carbocycles. The standard InChI is InChI=1S/C26H22N4O3S2/c27-22(34)16-33-30-23(24(31)32)21-17-35-25(28-21)29-26(18-10-4-1-5-11-18,19-12-6-2-7-13-19)20-14-8-3-9-15-20/h1-15,17H,16H2,(H2,27,34)(H,28,29)(H,31,32). The summed E-state index contributed by atoms with van der Waals surface area (Å²) in [6.07, 6.45) is 0. The number of hydrogen-bond donors (Lipinski definition) is 3. The number of benzene rings is 3. The number of carboxylic acids is 1. The molecule has 0 saturated heterocycles. The van der Waals surface area contributed by atoms with E-state index in [9.17, 15) is 9.90 Å². The van der Waals surface area contributed by atoms with E-state index in [1.54, 1.807) is 5.38 Å². The number of thiocarbonyl (C=S) groups is 1. The lowest BCUT2D eigenvalue weighted by Gasteiger charge is -2.36. The van der Waals surface area contributed by atoms with Gasteiger partial charge in [-0.25, -0.2) is 9.78 Å². The van der Waals surface area contributed by atoms with E-state index in [0.29, 0.717) is 5.13 Å². The van der Waals surface area contributed by atoms with E-state index in [1.165, 1.54) is 11.3 Å². The molecule has 0 unspecified atom stereocenters. The molecule has 0 spiro atoms. The van der Waals surface area contributed by atoms with Crippen molar-refractivity contribution in [2.24, 2.45) is 10.9 Å². The van der Waals surface area contributed by atoms with E-state index in [4.69, 9.17) is 22.8 Å². The third-order valence-corrected chi connectivity index (χ3v) is 6.10. The van der Waals surface area contributed by atoms with Gasteiger partial charge in [0.2, 0.25) is 5.71 Å². The van der Waals surface area contributed by atoms with Crippen molar-refractivity contribution >= 4 is 45.4 Å². The number of oxime groups is 1. The molecule has 0 aliphatic heterocycles. The lowest BCUT2D eigenvalue weighted by atomic mass is 9.77. The van der Waals surface area contributed by atoms with Crippen molar-refractivity contribution in [2.75, 3.05) is 11.9 Å². The third-order valence-electron chi connectivity index (χ3n) is 5.23. The van der Waals surface area contributed by atoms with Crippen LogP contribution in [0.1, 0.15) is 22.4 Å². The fourth-order valence-electron chi connectivity index (χ4n) is 3.74. The Labute approximate surface area is 211 Å². The molecule has 4 N–H and O–H groups in total. The van der Waals surface area contributed by atoms with Crippen molar-refractivity contribution in [1.29, 1.82) is 0 Å². The predicted molar refractivity (Wildman–Crippen MR) is 142 cm³/mol. The first-order valence-electron chi connectivity index (χ1n) is 10.6. The molecule has 35 heavy (non-hydrogen) atoms. The second kappa shape index (κ2) is 10.9. The van der Waals surface area contributed by atoms with Crippen LogP contribution in [0.25, 0.3) is 0 Å². The van der Waals surface area contributed by atoms with Crippen LogP contribution in [-0.2, 0) is 15.2 Å². The first kappa shape index (κ1) is 24.1. The number of nitrogens with zero attached hydrogens (tertiary/aromatic N) is 2. The SMILES string of the molecule is NC(=S)CON=C(C(=O)O)c1csc(NC(c2ccccc2)(c2ccccc2)c2ccccc2)n1.